The van der Waals surface area contributed by atoms with Gasteiger partial charge in [-0.15, -0.1) is 24.0 Å². The first kappa shape index (κ1) is 25.4. The van der Waals surface area contributed by atoms with Crippen LogP contribution in [0, 0.1) is 0 Å². The Morgan fingerprint density at radius 3 is 2.19 bits per heavy atom. The van der Waals surface area contributed by atoms with Crippen molar-refractivity contribution in [3.63, 3.8) is 0 Å². The molecule has 7 heteroatoms. The Bertz CT molecular complexity index is 761. The number of aliphatic imine (C=N–C) groups is 1. The third kappa shape index (κ3) is 9.04. The number of rotatable bonds is 9. The number of ether oxygens (including phenoxy) is 1. The summed E-state index contributed by atoms with van der Waals surface area (Å²) >= 11 is 0. The van der Waals surface area contributed by atoms with Crippen molar-refractivity contribution in [3.05, 3.63) is 65.7 Å². The second kappa shape index (κ2) is 14.3. The number of halogens is 1. The van der Waals surface area contributed by atoms with Crippen molar-refractivity contribution in [2.45, 2.75) is 20.0 Å². The van der Waals surface area contributed by atoms with Crippen LogP contribution in [0.3, 0.4) is 0 Å². The molecule has 2 aromatic carbocycles. The van der Waals surface area contributed by atoms with E-state index in [1.165, 1.54) is 24.2 Å². The van der Waals surface area contributed by atoms with Gasteiger partial charge in [0.25, 0.3) is 0 Å². The molecule has 0 spiro atoms. The summed E-state index contributed by atoms with van der Waals surface area (Å²) < 4.78 is 5.70. The average molecular weight is 537 g/mol. The third-order valence-electron chi connectivity index (χ3n) is 5.43. The summed E-state index contributed by atoms with van der Waals surface area (Å²) in [6.45, 7) is 11.1. The zero-order valence-electron chi connectivity index (χ0n) is 18.7. The smallest absolute Gasteiger partial charge is 0.191 e. The Kier molecular flexibility index (Phi) is 11.7. The van der Waals surface area contributed by atoms with Crippen LogP contribution in [0.5, 0.6) is 5.75 Å². The zero-order chi connectivity index (χ0) is 21.0. The van der Waals surface area contributed by atoms with Crippen LogP contribution in [0.1, 0.15) is 18.1 Å². The monoisotopic (exact) mass is 537 g/mol. The van der Waals surface area contributed by atoms with Crippen LogP contribution in [0.2, 0.25) is 0 Å². The van der Waals surface area contributed by atoms with E-state index in [0.29, 0.717) is 13.2 Å². The first-order chi connectivity index (χ1) is 14.8. The molecule has 0 aromatic heterocycles. The molecule has 2 N–H and O–H groups in total. The quantitative estimate of drug-likeness (QED) is 0.223. The topological polar surface area (TPSA) is 52.1 Å². The summed E-state index contributed by atoms with van der Waals surface area (Å²) in [5.74, 6) is 1.67. The van der Waals surface area contributed by atoms with Gasteiger partial charge in [0.05, 0.1) is 6.54 Å². The number of benzene rings is 2. The molecule has 2 aromatic rings. The second-order valence-corrected chi connectivity index (χ2v) is 7.54. The first-order valence-corrected chi connectivity index (χ1v) is 10.9. The molecule has 0 atom stereocenters. The van der Waals surface area contributed by atoms with Gasteiger partial charge >= 0.3 is 0 Å². The summed E-state index contributed by atoms with van der Waals surface area (Å²) in [6.07, 6.45) is 0. The third-order valence-corrected chi connectivity index (χ3v) is 5.43. The summed E-state index contributed by atoms with van der Waals surface area (Å²) in [7, 11) is 1.79. The van der Waals surface area contributed by atoms with Gasteiger partial charge in [0, 0.05) is 46.3 Å². The number of nitrogens with one attached hydrogen (secondary N) is 2. The van der Waals surface area contributed by atoms with E-state index in [2.05, 4.69) is 56.6 Å². The van der Waals surface area contributed by atoms with Gasteiger partial charge in [0.1, 0.15) is 12.4 Å². The number of likely N-dealkylation sites (N-methyl/N-ethyl adjacent to an activating group) is 1. The largest absolute Gasteiger partial charge is 0.492 e. The maximum Gasteiger partial charge on any atom is 0.191 e. The molecule has 170 valence electrons. The summed E-state index contributed by atoms with van der Waals surface area (Å²) in [5.41, 5.74) is 2.63. The highest BCUT2D eigenvalue weighted by Gasteiger charge is 2.15. The van der Waals surface area contributed by atoms with Gasteiger partial charge in [-0.2, -0.15) is 0 Å². The van der Waals surface area contributed by atoms with E-state index >= 15 is 0 Å². The lowest BCUT2D eigenvalue weighted by molar-refractivity contribution is 0.132. The molecular weight excluding hydrogens is 501 g/mol. The van der Waals surface area contributed by atoms with Gasteiger partial charge in [-0.25, -0.2) is 0 Å². The van der Waals surface area contributed by atoms with E-state index in [9.17, 15) is 0 Å². The molecular formula is C24H36IN5O. The highest BCUT2D eigenvalue weighted by Crippen LogP contribution is 2.10. The molecule has 1 heterocycles. The van der Waals surface area contributed by atoms with Crippen LogP contribution in [-0.2, 0) is 13.1 Å². The van der Waals surface area contributed by atoms with Crippen LogP contribution >= 0.6 is 24.0 Å². The number of guanidine groups is 1. The Labute approximate surface area is 204 Å². The molecule has 6 nitrogen and oxygen atoms in total. The molecule has 0 aliphatic carbocycles. The normalized spacial score (nSPS) is 15.2. The molecule has 1 fully saturated rings. The standard InChI is InChI=1S/C24H35N5O.HI/c1-3-28-14-16-29(17-15-28)20-22-11-9-21(10-12-22)19-27-24(25-2)26-13-18-30-23-7-5-4-6-8-23;/h4-12H,3,13-20H2,1-2H3,(H2,25,26,27);1H. The Hall–Kier alpha value is -1.84. The van der Waals surface area contributed by atoms with E-state index < -0.39 is 0 Å². The summed E-state index contributed by atoms with van der Waals surface area (Å²) in [4.78, 5) is 9.34. The molecule has 0 radical (unpaired) electrons. The van der Waals surface area contributed by atoms with Crippen molar-refractivity contribution in [2.75, 3.05) is 52.9 Å². The summed E-state index contributed by atoms with van der Waals surface area (Å²) in [6, 6.07) is 18.7. The van der Waals surface area contributed by atoms with Crippen molar-refractivity contribution >= 4 is 29.9 Å². The van der Waals surface area contributed by atoms with Gasteiger partial charge in [-0.3, -0.25) is 9.89 Å². The van der Waals surface area contributed by atoms with Crippen LogP contribution in [-0.4, -0.2) is 68.7 Å². The lowest BCUT2D eigenvalue weighted by Crippen LogP contribution is -2.45. The van der Waals surface area contributed by atoms with Crippen LogP contribution in [0.15, 0.2) is 59.6 Å². The number of hydrogen-bond donors (Lipinski definition) is 2. The van der Waals surface area contributed by atoms with Crippen molar-refractivity contribution in [1.29, 1.82) is 0 Å². The SMILES string of the molecule is CCN1CCN(Cc2ccc(CNC(=NC)NCCOc3ccccc3)cc2)CC1.I. The number of piperazine rings is 1. The fourth-order valence-corrected chi connectivity index (χ4v) is 3.55. The fraction of sp³-hybridized carbons (Fsp3) is 0.458. The van der Waals surface area contributed by atoms with Gasteiger partial charge in [-0.05, 0) is 29.8 Å². The lowest BCUT2D eigenvalue weighted by atomic mass is 10.1. The molecule has 1 saturated heterocycles. The average Bonchev–Trinajstić information content (AvgIpc) is 2.81. The molecule has 0 bridgehead atoms. The number of nitrogens with zero attached hydrogens (tertiary/aromatic N) is 3. The predicted octanol–water partition coefficient (Wildman–Crippen LogP) is 3.19. The minimum absolute atomic E-state index is 0. The first-order valence-electron chi connectivity index (χ1n) is 10.9. The van der Waals surface area contributed by atoms with Crippen molar-refractivity contribution < 1.29 is 4.74 Å². The molecule has 1 aliphatic rings. The molecule has 31 heavy (non-hydrogen) atoms. The lowest BCUT2D eigenvalue weighted by Gasteiger charge is -2.34. The maximum absolute atomic E-state index is 5.70. The van der Waals surface area contributed by atoms with Gasteiger partial charge in [0.15, 0.2) is 5.96 Å². The Morgan fingerprint density at radius 1 is 0.903 bits per heavy atom. The van der Waals surface area contributed by atoms with Crippen LogP contribution in [0.25, 0.3) is 0 Å². The molecule has 3 rings (SSSR count). The second-order valence-electron chi connectivity index (χ2n) is 7.54. The fourth-order valence-electron chi connectivity index (χ4n) is 3.55. The number of para-hydroxylation sites is 1. The maximum atomic E-state index is 5.70. The summed E-state index contributed by atoms with van der Waals surface area (Å²) in [5, 5.41) is 6.65. The van der Waals surface area contributed by atoms with E-state index in [1.54, 1.807) is 7.05 Å². The van der Waals surface area contributed by atoms with E-state index in [1.807, 2.05) is 30.3 Å². The zero-order valence-corrected chi connectivity index (χ0v) is 21.0. The number of hydrogen-bond acceptors (Lipinski definition) is 4. The molecule has 0 saturated carbocycles. The van der Waals surface area contributed by atoms with Crippen LogP contribution in [0.4, 0.5) is 0 Å². The van der Waals surface area contributed by atoms with Gasteiger partial charge < -0.3 is 20.3 Å². The van der Waals surface area contributed by atoms with E-state index in [4.69, 9.17) is 4.74 Å². The van der Waals surface area contributed by atoms with E-state index in [0.717, 1.165) is 44.4 Å². The minimum Gasteiger partial charge on any atom is -0.492 e. The van der Waals surface area contributed by atoms with E-state index in [-0.39, 0.29) is 24.0 Å². The Morgan fingerprint density at radius 2 is 1.55 bits per heavy atom. The van der Waals surface area contributed by atoms with Crippen molar-refractivity contribution in [3.8, 4) is 5.75 Å². The molecule has 0 unspecified atom stereocenters. The predicted molar refractivity (Wildman–Crippen MR) is 139 cm³/mol. The Balaban J connectivity index is 0.00000341. The van der Waals surface area contributed by atoms with Crippen molar-refractivity contribution in [2.24, 2.45) is 4.99 Å². The van der Waals surface area contributed by atoms with Crippen LogP contribution < -0.4 is 15.4 Å². The van der Waals surface area contributed by atoms with Crippen molar-refractivity contribution in [1.82, 2.24) is 20.4 Å². The van der Waals surface area contributed by atoms with Gasteiger partial charge in [-0.1, -0.05) is 49.4 Å². The minimum atomic E-state index is 0. The molecule has 0 amide bonds. The highest BCUT2D eigenvalue weighted by atomic mass is 127. The van der Waals surface area contributed by atoms with Gasteiger partial charge in [0.2, 0.25) is 0 Å². The highest BCUT2D eigenvalue weighted by molar-refractivity contribution is 14.0. The molecule has 1 aliphatic heterocycles.